The fraction of sp³-hybridized carbons (Fsp3) is 0.667. The van der Waals surface area contributed by atoms with Crippen LogP contribution < -0.4 is 10.1 Å². The van der Waals surface area contributed by atoms with Gasteiger partial charge in [-0.2, -0.15) is 0 Å². The number of ether oxygens (including phenoxy) is 1. The fourth-order valence-corrected chi connectivity index (χ4v) is 3.29. The van der Waals surface area contributed by atoms with Gasteiger partial charge in [0.05, 0.1) is 0 Å². The second kappa shape index (κ2) is 6.62. The van der Waals surface area contributed by atoms with Gasteiger partial charge >= 0.3 is 0 Å². The summed E-state index contributed by atoms with van der Waals surface area (Å²) in [5.41, 5.74) is 2.68. The highest BCUT2D eigenvalue weighted by atomic mass is 16.5. The molecule has 1 heterocycles. The SMILES string of the molecule is CCCNC1CC(CC)(CCC)Oc2ccc(C)cc21. The van der Waals surface area contributed by atoms with Crippen LogP contribution >= 0.6 is 0 Å². The van der Waals surface area contributed by atoms with Crippen LogP contribution in [0.4, 0.5) is 0 Å². The van der Waals surface area contributed by atoms with E-state index in [1.165, 1.54) is 24.0 Å². The molecule has 0 saturated carbocycles. The monoisotopic (exact) mass is 275 g/mol. The van der Waals surface area contributed by atoms with Crippen molar-refractivity contribution in [2.45, 2.75) is 71.4 Å². The molecule has 0 radical (unpaired) electrons. The van der Waals surface area contributed by atoms with Gasteiger partial charge in [0.15, 0.2) is 0 Å². The van der Waals surface area contributed by atoms with Crippen LogP contribution in [-0.4, -0.2) is 12.1 Å². The Morgan fingerprint density at radius 1 is 1.25 bits per heavy atom. The molecule has 0 aliphatic carbocycles. The van der Waals surface area contributed by atoms with Gasteiger partial charge < -0.3 is 10.1 Å². The molecule has 1 N–H and O–H groups in total. The molecule has 2 heteroatoms. The predicted octanol–water partition coefficient (Wildman–Crippen LogP) is 4.77. The summed E-state index contributed by atoms with van der Waals surface area (Å²) in [5.74, 6) is 1.09. The van der Waals surface area contributed by atoms with Crippen molar-refractivity contribution >= 4 is 0 Å². The third-order valence-electron chi connectivity index (χ3n) is 4.43. The van der Waals surface area contributed by atoms with Crippen LogP contribution in [0.5, 0.6) is 5.75 Å². The second-order valence-corrected chi connectivity index (χ2v) is 6.14. The van der Waals surface area contributed by atoms with E-state index < -0.39 is 0 Å². The largest absolute Gasteiger partial charge is 0.487 e. The molecule has 2 nitrogen and oxygen atoms in total. The number of rotatable bonds is 6. The van der Waals surface area contributed by atoms with Crippen molar-refractivity contribution < 1.29 is 4.74 Å². The minimum Gasteiger partial charge on any atom is -0.487 e. The number of hydrogen-bond acceptors (Lipinski definition) is 2. The highest BCUT2D eigenvalue weighted by Crippen LogP contribution is 2.43. The van der Waals surface area contributed by atoms with Gasteiger partial charge in [0.2, 0.25) is 0 Å². The van der Waals surface area contributed by atoms with Crippen LogP contribution in [0.2, 0.25) is 0 Å². The van der Waals surface area contributed by atoms with Crippen molar-refractivity contribution in [3.05, 3.63) is 29.3 Å². The Morgan fingerprint density at radius 3 is 2.70 bits per heavy atom. The van der Waals surface area contributed by atoms with Crippen molar-refractivity contribution in [1.29, 1.82) is 0 Å². The quantitative estimate of drug-likeness (QED) is 0.807. The van der Waals surface area contributed by atoms with Gasteiger partial charge in [0, 0.05) is 18.0 Å². The van der Waals surface area contributed by atoms with Crippen LogP contribution in [0.3, 0.4) is 0 Å². The van der Waals surface area contributed by atoms with E-state index in [1.807, 2.05) is 0 Å². The number of aryl methyl sites for hydroxylation is 1. The van der Waals surface area contributed by atoms with Gasteiger partial charge in [0.1, 0.15) is 11.4 Å². The molecular weight excluding hydrogens is 246 g/mol. The molecule has 2 unspecified atom stereocenters. The summed E-state index contributed by atoms with van der Waals surface area (Å²) in [6, 6.07) is 7.04. The number of benzene rings is 1. The first-order chi connectivity index (χ1) is 9.64. The molecule has 0 saturated heterocycles. The molecule has 1 aliphatic heterocycles. The molecule has 0 spiro atoms. The highest BCUT2D eigenvalue weighted by molar-refractivity contribution is 5.41. The number of hydrogen-bond donors (Lipinski definition) is 1. The number of nitrogens with one attached hydrogen (secondary N) is 1. The summed E-state index contributed by atoms with van der Waals surface area (Å²) in [4.78, 5) is 0. The lowest BCUT2D eigenvalue weighted by atomic mass is 9.82. The van der Waals surface area contributed by atoms with Crippen LogP contribution in [-0.2, 0) is 0 Å². The minimum absolute atomic E-state index is 0.0163. The van der Waals surface area contributed by atoms with E-state index in [0.29, 0.717) is 6.04 Å². The third-order valence-corrected chi connectivity index (χ3v) is 4.43. The lowest BCUT2D eigenvalue weighted by molar-refractivity contribution is 0.0178. The first kappa shape index (κ1) is 15.4. The van der Waals surface area contributed by atoms with E-state index in [2.05, 4.69) is 51.2 Å². The molecule has 1 aliphatic rings. The summed E-state index contributed by atoms with van der Waals surface area (Å²) >= 11 is 0. The van der Waals surface area contributed by atoms with Crippen LogP contribution in [0.15, 0.2) is 18.2 Å². The zero-order valence-corrected chi connectivity index (χ0v) is 13.5. The fourth-order valence-electron chi connectivity index (χ4n) is 3.29. The molecule has 0 fully saturated rings. The Kier molecular flexibility index (Phi) is 5.09. The average molecular weight is 275 g/mol. The summed E-state index contributed by atoms with van der Waals surface area (Å²) in [6.07, 6.45) is 5.66. The van der Waals surface area contributed by atoms with Gasteiger partial charge in [-0.15, -0.1) is 0 Å². The summed E-state index contributed by atoms with van der Waals surface area (Å²) < 4.78 is 6.43. The van der Waals surface area contributed by atoms with Crippen molar-refractivity contribution in [3.8, 4) is 5.75 Å². The molecule has 1 aromatic rings. The first-order valence-electron chi connectivity index (χ1n) is 8.17. The Balaban J connectivity index is 2.32. The third kappa shape index (κ3) is 3.17. The van der Waals surface area contributed by atoms with Gasteiger partial charge in [-0.1, -0.05) is 44.9 Å². The molecule has 0 amide bonds. The second-order valence-electron chi connectivity index (χ2n) is 6.14. The Morgan fingerprint density at radius 2 is 2.05 bits per heavy atom. The van der Waals surface area contributed by atoms with E-state index >= 15 is 0 Å². The van der Waals surface area contributed by atoms with Crippen LogP contribution in [0.1, 0.15) is 70.0 Å². The van der Waals surface area contributed by atoms with Crippen molar-refractivity contribution in [2.24, 2.45) is 0 Å². The molecule has 1 aromatic carbocycles. The zero-order chi connectivity index (χ0) is 14.6. The van der Waals surface area contributed by atoms with Crippen LogP contribution in [0.25, 0.3) is 0 Å². The summed E-state index contributed by atoms with van der Waals surface area (Å²) in [5, 5.41) is 3.72. The molecule has 0 aromatic heterocycles. The van der Waals surface area contributed by atoms with Crippen molar-refractivity contribution in [1.82, 2.24) is 5.32 Å². The lowest BCUT2D eigenvalue weighted by Crippen LogP contribution is -2.44. The van der Waals surface area contributed by atoms with E-state index in [1.54, 1.807) is 0 Å². The van der Waals surface area contributed by atoms with Crippen molar-refractivity contribution in [3.63, 3.8) is 0 Å². The minimum atomic E-state index is 0.0163. The Hall–Kier alpha value is -1.02. The number of fused-ring (bicyclic) bond motifs is 1. The standard InChI is InChI=1S/C18H29NO/c1-5-10-18(7-3)13-16(19-11-6-2)15-12-14(4)8-9-17(15)20-18/h8-9,12,16,19H,5-7,10-11,13H2,1-4H3. The van der Waals surface area contributed by atoms with E-state index in [9.17, 15) is 0 Å². The van der Waals surface area contributed by atoms with E-state index in [0.717, 1.165) is 31.6 Å². The van der Waals surface area contributed by atoms with E-state index in [4.69, 9.17) is 4.74 Å². The molecule has 2 rings (SSSR count). The molecule has 20 heavy (non-hydrogen) atoms. The smallest absolute Gasteiger partial charge is 0.124 e. The van der Waals surface area contributed by atoms with Gasteiger partial charge in [0.25, 0.3) is 0 Å². The molecular formula is C18H29NO. The maximum atomic E-state index is 6.43. The maximum Gasteiger partial charge on any atom is 0.124 e. The Labute approximate surface area is 123 Å². The van der Waals surface area contributed by atoms with Gasteiger partial charge in [-0.05, 0) is 38.8 Å². The molecule has 0 bridgehead atoms. The van der Waals surface area contributed by atoms with Gasteiger partial charge in [-0.3, -0.25) is 0 Å². The lowest BCUT2D eigenvalue weighted by Gasteiger charge is -2.42. The first-order valence-corrected chi connectivity index (χ1v) is 8.17. The normalized spacial score (nSPS) is 25.1. The van der Waals surface area contributed by atoms with Gasteiger partial charge in [-0.25, -0.2) is 0 Å². The Bertz CT molecular complexity index is 443. The topological polar surface area (TPSA) is 21.3 Å². The zero-order valence-electron chi connectivity index (χ0n) is 13.5. The van der Waals surface area contributed by atoms with E-state index in [-0.39, 0.29) is 5.60 Å². The summed E-state index contributed by atoms with van der Waals surface area (Å²) in [7, 11) is 0. The molecule has 112 valence electrons. The highest BCUT2D eigenvalue weighted by Gasteiger charge is 2.38. The average Bonchev–Trinajstić information content (AvgIpc) is 2.45. The molecule has 2 atom stereocenters. The maximum absolute atomic E-state index is 6.43. The van der Waals surface area contributed by atoms with Crippen molar-refractivity contribution in [2.75, 3.05) is 6.54 Å². The predicted molar refractivity (Wildman–Crippen MR) is 85.4 cm³/mol. The van der Waals surface area contributed by atoms with Crippen LogP contribution in [0, 0.1) is 6.92 Å². The summed E-state index contributed by atoms with van der Waals surface area (Å²) in [6.45, 7) is 9.96.